The van der Waals surface area contributed by atoms with Gasteiger partial charge in [0.05, 0.1) is 11.9 Å². The molecule has 188 valence electrons. The molecule has 0 spiro atoms. The molecule has 0 radical (unpaired) electrons. The van der Waals surface area contributed by atoms with Crippen LogP contribution in [0.3, 0.4) is 0 Å². The predicted molar refractivity (Wildman–Crippen MR) is 126 cm³/mol. The van der Waals surface area contributed by atoms with Crippen LogP contribution in [0.25, 0.3) is 10.2 Å². The summed E-state index contributed by atoms with van der Waals surface area (Å²) >= 11 is 1.62. The van der Waals surface area contributed by atoms with Crippen LogP contribution in [0.4, 0.5) is 24.9 Å². The number of nitrogens with zero attached hydrogens (tertiary/aromatic N) is 7. The maximum absolute atomic E-state index is 13.3. The van der Waals surface area contributed by atoms with Gasteiger partial charge in [0.25, 0.3) is 0 Å². The van der Waals surface area contributed by atoms with Crippen molar-refractivity contribution < 1.29 is 18.0 Å². The van der Waals surface area contributed by atoms with Gasteiger partial charge in [0.2, 0.25) is 17.7 Å². The molecule has 0 bridgehead atoms. The molecule has 1 atom stereocenters. The molecule has 9 nitrogen and oxygen atoms in total. The van der Waals surface area contributed by atoms with E-state index in [0.29, 0.717) is 37.3 Å². The van der Waals surface area contributed by atoms with Crippen molar-refractivity contribution >= 4 is 39.2 Å². The van der Waals surface area contributed by atoms with E-state index in [1.165, 1.54) is 4.88 Å². The number of alkyl halides is 3. The molecule has 1 fully saturated rings. The average molecular weight is 509 g/mol. The summed E-state index contributed by atoms with van der Waals surface area (Å²) in [5, 5.41) is 11.4. The van der Waals surface area contributed by atoms with Gasteiger partial charge in [-0.2, -0.15) is 18.2 Å². The quantitative estimate of drug-likeness (QED) is 0.544. The number of nitrogens with one attached hydrogen (secondary N) is 1. The highest BCUT2D eigenvalue weighted by atomic mass is 32.1. The zero-order chi connectivity index (χ0) is 24.7. The van der Waals surface area contributed by atoms with Crippen LogP contribution >= 0.6 is 11.3 Å². The van der Waals surface area contributed by atoms with E-state index in [0.717, 1.165) is 40.6 Å². The van der Waals surface area contributed by atoms with Crippen molar-refractivity contribution in [3.8, 4) is 0 Å². The first kappa shape index (κ1) is 23.8. The van der Waals surface area contributed by atoms with Gasteiger partial charge in [-0.25, -0.2) is 4.98 Å². The summed E-state index contributed by atoms with van der Waals surface area (Å²) in [7, 11) is 0. The Labute approximate surface area is 204 Å². The molecular weight excluding hydrogens is 481 g/mol. The molecule has 1 amide bonds. The summed E-state index contributed by atoms with van der Waals surface area (Å²) in [5.74, 6) is 0.886. The fourth-order valence-corrected chi connectivity index (χ4v) is 5.84. The lowest BCUT2D eigenvalue weighted by atomic mass is 10.1. The van der Waals surface area contributed by atoms with Crippen molar-refractivity contribution in [2.45, 2.75) is 52.4 Å². The fourth-order valence-electron chi connectivity index (χ4n) is 4.72. The number of fused-ring (bicyclic) bond motifs is 2. The van der Waals surface area contributed by atoms with Crippen LogP contribution in [0.1, 0.15) is 43.2 Å². The van der Waals surface area contributed by atoms with Gasteiger partial charge < -0.3 is 19.7 Å². The van der Waals surface area contributed by atoms with Crippen molar-refractivity contribution in [2.75, 3.05) is 36.4 Å². The number of aromatic nitrogens is 5. The summed E-state index contributed by atoms with van der Waals surface area (Å²) in [6.45, 7) is 6.48. The molecule has 0 saturated carbocycles. The van der Waals surface area contributed by atoms with Crippen molar-refractivity contribution in [2.24, 2.45) is 5.92 Å². The number of amides is 1. The lowest BCUT2D eigenvalue weighted by Crippen LogP contribution is -2.36. The number of halogens is 3. The molecule has 2 aliphatic rings. The third-order valence-corrected chi connectivity index (χ3v) is 7.60. The van der Waals surface area contributed by atoms with Crippen LogP contribution in [-0.4, -0.2) is 61.7 Å². The monoisotopic (exact) mass is 508 g/mol. The maximum atomic E-state index is 13.3. The molecule has 3 aromatic rings. The average Bonchev–Trinajstić information content (AvgIpc) is 3.54. The van der Waals surface area contributed by atoms with E-state index in [4.69, 9.17) is 9.97 Å². The highest BCUT2D eigenvalue weighted by Gasteiger charge is 2.39. The number of thiophene rings is 1. The van der Waals surface area contributed by atoms with Crippen LogP contribution in [0.15, 0.2) is 6.07 Å². The van der Waals surface area contributed by atoms with Gasteiger partial charge in [-0.3, -0.25) is 4.79 Å². The Kier molecular flexibility index (Phi) is 6.28. The number of likely N-dealkylation sites (tertiary alicyclic amines) is 1. The molecule has 5 heterocycles. The Morgan fingerprint density at radius 3 is 2.77 bits per heavy atom. The fraction of sp³-hybridized carbons (Fsp3) is 0.591. The zero-order valence-corrected chi connectivity index (χ0v) is 20.4. The minimum Gasteiger partial charge on any atom is -0.354 e. The highest BCUT2D eigenvalue weighted by molar-refractivity contribution is 7.18. The van der Waals surface area contributed by atoms with E-state index < -0.39 is 12.0 Å². The number of anilines is 2. The Balaban J connectivity index is 1.41. The van der Waals surface area contributed by atoms with Crippen LogP contribution < -0.4 is 10.2 Å². The van der Waals surface area contributed by atoms with Gasteiger partial charge in [0.15, 0.2) is 5.82 Å². The second-order valence-electron chi connectivity index (χ2n) is 9.06. The van der Waals surface area contributed by atoms with E-state index in [1.54, 1.807) is 18.3 Å². The number of hydrogen-bond acceptors (Lipinski definition) is 8. The number of hydrogen-bond donors (Lipinski definition) is 1. The molecule has 5 rings (SSSR count). The van der Waals surface area contributed by atoms with E-state index in [2.05, 4.69) is 28.5 Å². The first-order valence-electron chi connectivity index (χ1n) is 11.8. The zero-order valence-electron chi connectivity index (χ0n) is 19.6. The van der Waals surface area contributed by atoms with Crippen LogP contribution in [-0.2, 0) is 30.5 Å². The summed E-state index contributed by atoms with van der Waals surface area (Å²) in [5.41, 5.74) is 0. The van der Waals surface area contributed by atoms with Gasteiger partial charge in [-0.1, -0.05) is 13.3 Å². The van der Waals surface area contributed by atoms with Gasteiger partial charge in [-0.05, 0) is 24.8 Å². The normalized spacial score (nSPS) is 18.4. The summed E-state index contributed by atoms with van der Waals surface area (Å²) < 4.78 is 40.9. The smallest absolute Gasteiger partial charge is 0.354 e. The van der Waals surface area contributed by atoms with Gasteiger partial charge >= 0.3 is 6.18 Å². The molecule has 2 aliphatic heterocycles. The third kappa shape index (κ3) is 4.78. The van der Waals surface area contributed by atoms with E-state index in [-0.39, 0.29) is 24.8 Å². The summed E-state index contributed by atoms with van der Waals surface area (Å²) in [4.78, 5) is 27.0. The maximum Gasteiger partial charge on any atom is 0.451 e. The van der Waals surface area contributed by atoms with E-state index in [9.17, 15) is 18.0 Å². The molecule has 35 heavy (non-hydrogen) atoms. The number of carbonyl (C=O) groups excluding carboxylic acids is 1. The van der Waals surface area contributed by atoms with Crippen molar-refractivity contribution in [1.29, 1.82) is 0 Å². The summed E-state index contributed by atoms with van der Waals surface area (Å²) in [6, 6.07) is 2.09. The van der Waals surface area contributed by atoms with Gasteiger partial charge in [-0.15, -0.1) is 21.5 Å². The highest BCUT2D eigenvalue weighted by Crippen LogP contribution is 2.35. The Morgan fingerprint density at radius 1 is 1.23 bits per heavy atom. The first-order valence-corrected chi connectivity index (χ1v) is 12.6. The topological polar surface area (TPSA) is 92.1 Å². The minimum atomic E-state index is -4.53. The molecule has 0 aromatic carbocycles. The predicted octanol–water partition coefficient (Wildman–Crippen LogP) is 3.55. The van der Waals surface area contributed by atoms with Crippen molar-refractivity contribution in [3.63, 3.8) is 0 Å². The number of rotatable bonds is 6. The van der Waals surface area contributed by atoms with Crippen LogP contribution in [0.2, 0.25) is 0 Å². The molecular formula is C22H27F3N8OS. The standard InChI is InChI=1S/C22H27F3N8OS/c1-3-4-15-9-16-18(32-7-8-33-17(12-32)29-30-20(33)22(23,24)25)27-21(28-19(16)35-15)26-10-14-5-6-31(11-14)13(2)34/h9,14H,3-8,10-12H2,1-2H3,(H,26,27,28)/t14-/m0/s1. The SMILES string of the molecule is CCCc1cc2c(N3CCn4c(nnc4C(F)(F)F)C3)nc(NC[C@@H]3CCN(C(C)=O)C3)nc2s1. The van der Waals surface area contributed by atoms with E-state index in [1.807, 2.05) is 9.80 Å². The lowest BCUT2D eigenvalue weighted by molar-refractivity contribution is -0.147. The van der Waals surface area contributed by atoms with Crippen molar-refractivity contribution in [1.82, 2.24) is 29.6 Å². The molecule has 1 N–H and O–H groups in total. The second kappa shape index (κ2) is 9.25. The molecule has 1 saturated heterocycles. The molecule has 3 aromatic heterocycles. The Bertz CT molecular complexity index is 1240. The third-order valence-electron chi connectivity index (χ3n) is 6.51. The van der Waals surface area contributed by atoms with E-state index >= 15 is 0 Å². The Morgan fingerprint density at radius 2 is 2.06 bits per heavy atom. The van der Waals surface area contributed by atoms with Crippen LogP contribution in [0, 0.1) is 5.92 Å². The molecule has 0 unspecified atom stereocenters. The second-order valence-corrected chi connectivity index (χ2v) is 10.2. The molecule has 0 aliphatic carbocycles. The van der Waals surface area contributed by atoms with Crippen molar-refractivity contribution in [3.05, 3.63) is 22.6 Å². The van der Waals surface area contributed by atoms with Gasteiger partial charge in [0.1, 0.15) is 10.6 Å². The molecule has 13 heteroatoms. The number of carbonyl (C=O) groups is 1. The summed E-state index contributed by atoms with van der Waals surface area (Å²) in [6.07, 6.45) is -1.69. The van der Waals surface area contributed by atoms with Gasteiger partial charge in [0, 0.05) is 44.5 Å². The minimum absolute atomic E-state index is 0.0844. The Hall–Kier alpha value is -2.96. The van der Waals surface area contributed by atoms with Crippen LogP contribution in [0.5, 0.6) is 0 Å². The largest absolute Gasteiger partial charge is 0.451 e. The first-order chi connectivity index (χ1) is 16.7. The lowest BCUT2D eigenvalue weighted by Gasteiger charge is -2.29. The number of aryl methyl sites for hydroxylation is 1.